The van der Waals surface area contributed by atoms with E-state index in [1.165, 1.54) is 0 Å². The molecule has 2 rings (SSSR count). The molecule has 0 spiro atoms. The Morgan fingerprint density at radius 1 is 1.33 bits per heavy atom. The molecule has 1 aromatic heterocycles. The van der Waals surface area contributed by atoms with Gasteiger partial charge in [0.1, 0.15) is 12.1 Å². The molecule has 1 saturated heterocycles. The fourth-order valence-electron chi connectivity index (χ4n) is 2.78. The molecule has 0 bridgehead atoms. The molecule has 114 valence electrons. The Kier molecular flexibility index (Phi) is 5.31. The number of carbonyl (C=O) groups is 2. The lowest BCUT2D eigenvalue weighted by atomic mass is 10.0. The highest BCUT2D eigenvalue weighted by Gasteiger charge is 2.38. The maximum Gasteiger partial charge on any atom is 0.245 e. The van der Waals surface area contributed by atoms with Gasteiger partial charge in [0.2, 0.25) is 11.8 Å². The number of hydrogen-bond acceptors (Lipinski definition) is 3. The van der Waals surface area contributed by atoms with Gasteiger partial charge in [0.15, 0.2) is 0 Å². The van der Waals surface area contributed by atoms with Crippen molar-refractivity contribution in [2.75, 3.05) is 6.54 Å². The van der Waals surface area contributed by atoms with E-state index in [0.717, 1.165) is 18.4 Å². The lowest BCUT2D eigenvalue weighted by Gasteiger charge is -2.38. The van der Waals surface area contributed by atoms with Gasteiger partial charge in [0.25, 0.3) is 0 Å². The van der Waals surface area contributed by atoms with E-state index in [-0.39, 0.29) is 23.9 Å². The Bertz CT molecular complexity index is 490. The molecular weight excluding hydrogens is 266 g/mol. The van der Waals surface area contributed by atoms with Gasteiger partial charge in [0, 0.05) is 18.9 Å². The van der Waals surface area contributed by atoms with E-state index in [2.05, 4.69) is 10.3 Å². The standard InChI is InChI=1S/C16H23N3O2/c1-3-6-13-16(21)19(14(4-2)15(20)18-13)10-8-12-7-5-9-17-11-12/h5,7,9,11,13-14H,3-4,6,8,10H2,1-2H3,(H,18,20). The second-order valence-electron chi connectivity index (χ2n) is 5.42. The van der Waals surface area contributed by atoms with Crippen LogP contribution < -0.4 is 5.32 Å². The van der Waals surface area contributed by atoms with Crippen molar-refractivity contribution < 1.29 is 9.59 Å². The fourth-order valence-corrected chi connectivity index (χ4v) is 2.78. The molecule has 1 aliphatic heterocycles. The summed E-state index contributed by atoms with van der Waals surface area (Å²) in [5.41, 5.74) is 1.08. The molecule has 1 aromatic rings. The van der Waals surface area contributed by atoms with E-state index in [1.54, 1.807) is 17.3 Å². The number of nitrogens with one attached hydrogen (secondary N) is 1. The van der Waals surface area contributed by atoms with Crippen molar-refractivity contribution in [2.24, 2.45) is 0 Å². The minimum Gasteiger partial charge on any atom is -0.343 e. The Balaban J connectivity index is 2.08. The molecule has 2 heterocycles. The van der Waals surface area contributed by atoms with Crippen LogP contribution in [0.15, 0.2) is 24.5 Å². The number of nitrogens with zero attached hydrogens (tertiary/aromatic N) is 2. The first-order chi connectivity index (χ1) is 10.2. The van der Waals surface area contributed by atoms with E-state index in [0.29, 0.717) is 19.4 Å². The zero-order valence-electron chi connectivity index (χ0n) is 12.7. The number of carbonyl (C=O) groups excluding carboxylic acids is 2. The molecule has 1 aliphatic rings. The number of piperazine rings is 1. The maximum atomic E-state index is 12.5. The third-order valence-corrected chi connectivity index (χ3v) is 3.90. The zero-order valence-corrected chi connectivity index (χ0v) is 12.7. The van der Waals surface area contributed by atoms with Gasteiger partial charge in [-0.3, -0.25) is 14.6 Å². The van der Waals surface area contributed by atoms with Crippen molar-refractivity contribution in [3.63, 3.8) is 0 Å². The van der Waals surface area contributed by atoms with Crippen molar-refractivity contribution in [3.05, 3.63) is 30.1 Å². The van der Waals surface area contributed by atoms with Gasteiger partial charge in [-0.2, -0.15) is 0 Å². The second kappa shape index (κ2) is 7.20. The Morgan fingerprint density at radius 2 is 2.14 bits per heavy atom. The topological polar surface area (TPSA) is 62.3 Å². The fraction of sp³-hybridized carbons (Fsp3) is 0.562. The van der Waals surface area contributed by atoms with Gasteiger partial charge >= 0.3 is 0 Å². The lowest BCUT2D eigenvalue weighted by molar-refractivity contribution is -0.149. The van der Waals surface area contributed by atoms with Crippen LogP contribution in [0, 0.1) is 0 Å². The Morgan fingerprint density at radius 3 is 2.76 bits per heavy atom. The summed E-state index contributed by atoms with van der Waals surface area (Å²) in [4.78, 5) is 30.5. The average Bonchev–Trinajstić information content (AvgIpc) is 2.50. The minimum atomic E-state index is -0.362. The van der Waals surface area contributed by atoms with E-state index in [9.17, 15) is 9.59 Å². The van der Waals surface area contributed by atoms with Gasteiger partial charge in [-0.15, -0.1) is 0 Å². The van der Waals surface area contributed by atoms with E-state index in [1.807, 2.05) is 26.0 Å². The smallest absolute Gasteiger partial charge is 0.245 e. The first-order valence-corrected chi connectivity index (χ1v) is 7.67. The third-order valence-electron chi connectivity index (χ3n) is 3.90. The van der Waals surface area contributed by atoms with Crippen LogP contribution in [0.5, 0.6) is 0 Å². The molecule has 1 fully saturated rings. The van der Waals surface area contributed by atoms with E-state index < -0.39 is 0 Å². The quantitative estimate of drug-likeness (QED) is 0.864. The third kappa shape index (κ3) is 3.60. The molecular formula is C16H23N3O2. The summed E-state index contributed by atoms with van der Waals surface area (Å²) in [5, 5.41) is 2.85. The van der Waals surface area contributed by atoms with Crippen LogP contribution in [0.2, 0.25) is 0 Å². The highest BCUT2D eigenvalue weighted by molar-refractivity contribution is 5.96. The number of aromatic nitrogens is 1. The molecule has 1 N–H and O–H groups in total. The predicted molar refractivity (Wildman–Crippen MR) is 80.6 cm³/mol. The first kappa shape index (κ1) is 15.5. The Hall–Kier alpha value is -1.91. The number of hydrogen-bond donors (Lipinski definition) is 1. The summed E-state index contributed by atoms with van der Waals surface area (Å²) in [5.74, 6) is 0.0222. The maximum absolute atomic E-state index is 12.5. The number of rotatable bonds is 6. The highest BCUT2D eigenvalue weighted by atomic mass is 16.2. The zero-order chi connectivity index (χ0) is 15.2. The molecule has 5 nitrogen and oxygen atoms in total. The van der Waals surface area contributed by atoms with Crippen LogP contribution in [-0.2, 0) is 16.0 Å². The van der Waals surface area contributed by atoms with Gasteiger partial charge in [-0.1, -0.05) is 26.3 Å². The van der Waals surface area contributed by atoms with Gasteiger partial charge in [-0.05, 0) is 30.9 Å². The molecule has 0 aliphatic carbocycles. The number of pyridine rings is 1. The molecule has 0 radical (unpaired) electrons. The normalized spacial score (nSPS) is 22.3. The Labute approximate surface area is 125 Å². The summed E-state index contributed by atoms with van der Waals surface area (Å²) in [6, 6.07) is 3.17. The second-order valence-corrected chi connectivity index (χ2v) is 5.42. The summed E-state index contributed by atoms with van der Waals surface area (Å²) in [7, 11) is 0. The molecule has 21 heavy (non-hydrogen) atoms. The number of amides is 2. The first-order valence-electron chi connectivity index (χ1n) is 7.67. The van der Waals surface area contributed by atoms with Crippen LogP contribution in [0.1, 0.15) is 38.7 Å². The van der Waals surface area contributed by atoms with Crippen LogP contribution in [0.3, 0.4) is 0 Å². The van der Waals surface area contributed by atoms with Crippen molar-refractivity contribution in [2.45, 2.75) is 51.6 Å². The monoisotopic (exact) mass is 289 g/mol. The van der Waals surface area contributed by atoms with Gasteiger partial charge in [-0.25, -0.2) is 0 Å². The van der Waals surface area contributed by atoms with Gasteiger partial charge in [0.05, 0.1) is 0 Å². The van der Waals surface area contributed by atoms with E-state index in [4.69, 9.17) is 0 Å². The van der Waals surface area contributed by atoms with Crippen molar-refractivity contribution >= 4 is 11.8 Å². The predicted octanol–water partition coefficient (Wildman–Crippen LogP) is 1.53. The molecule has 0 aromatic carbocycles. The average molecular weight is 289 g/mol. The van der Waals surface area contributed by atoms with Crippen molar-refractivity contribution in [1.82, 2.24) is 15.2 Å². The summed E-state index contributed by atoms with van der Waals surface area (Å²) in [6.07, 6.45) is 6.48. The van der Waals surface area contributed by atoms with Crippen LogP contribution in [0.25, 0.3) is 0 Å². The molecule has 5 heteroatoms. The SMILES string of the molecule is CCCC1NC(=O)C(CC)N(CCc2cccnc2)C1=O. The summed E-state index contributed by atoms with van der Waals surface area (Å²) >= 11 is 0. The summed E-state index contributed by atoms with van der Waals surface area (Å²) < 4.78 is 0. The summed E-state index contributed by atoms with van der Waals surface area (Å²) in [6.45, 7) is 4.52. The minimum absolute atomic E-state index is 0.0262. The van der Waals surface area contributed by atoms with Crippen LogP contribution >= 0.6 is 0 Å². The van der Waals surface area contributed by atoms with Crippen molar-refractivity contribution in [1.29, 1.82) is 0 Å². The molecule has 0 saturated carbocycles. The van der Waals surface area contributed by atoms with Crippen LogP contribution in [0.4, 0.5) is 0 Å². The lowest BCUT2D eigenvalue weighted by Crippen LogP contribution is -2.63. The van der Waals surface area contributed by atoms with Crippen LogP contribution in [-0.4, -0.2) is 40.3 Å². The molecule has 2 atom stereocenters. The highest BCUT2D eigenvalue weighted by Crippen LogP contribution is 2.16. The molecule has 2 amide bonds. The molecule has 2 unspecified atom stereocenters. The van der Waals surface area contributed by atoms with Crippen molar-refractivity contribution in [3.8, 4) is 0 Å². The van der Waals surface area contributed by atoms with E-state index >= 15 is 0 Å². The largest absolute Gasteiger partial charge is 0.343 e. The van der Waals surface area contributed by atoms with Gasteiger partial charge < -0.3 is 10.2 Å².